The van der Waals surface area contributed by atoms with Gasteiger partial charge in [0.15, 0.2) is 0 Å². The van der Waals surface area contributed by atoms with Crippen LogP contribution in [0, 0.1) is 13.8 Å². The van der Waals surface area contributed by atoms with Gasteiger partial charge in [-0.3, -0.25) is 14.5 Å². The summed E-state index contributed by atoms with van der Waals surface area (Å²) in [5, 5.41) is 0. The Balaban J connectivity index is 1.63. The average Bonchev–Trinajstić information content (AvgIpc) is 3.06. The fourth-order valence-corrected chi connectivity index (χ4v) is 4.32. The number of benzene rings is 1. The van der Waals surface area contributed by atoms with E-state index in [2.05, 4.69) is 33.6 Å². The van der Waals surface area contributed by atoms with Gasteiger partial charge in [-0.25, -0.2) is 9.97 Å². The lowest BCUT2D eigenvalue weighted by Gasteiger charge is -2.36. The summed E-state index contributed by atoms with van der Waals surface area (Å²) in [5.41, 5.74) is 4.20. The molecule has 2 aliphatic rings. The molecule has 3 heterocycles. The Morgan fingerprint density at radius 2 is 1.56 bits per heavy atom. The number of aryl methyl sites for hydroxylation is 2. The van der Waals surface area contributed by atoms with E-state index in [-0.39, 0.29) is 11.8 Å². The number of aromatic nitrogens is 2. The Morgan fingerprint density at radius 3 is 2.22 bits per heavy atom. The summed E-state index contributed by atoms with van der Waals surface area (Å²) >= 11 is 0. The largest absolute Gasteiger partial charge is 0.363 e. The fourth-order valence-electron chi connectivity index (χ4n) is 4.32. The fraction of sp³-hybridized carbons (Fsp3) is 0.440. The van der Waals surface area contributed by atoms with Crippen LogP contribution in [0.1, 0.15) is 42.9 Å². The number of unbranched alkanes of at least 4 members (excludes halogenated alkanes) is 2. The van der Waals surface area contributed by atoms with Crippen LogP contribution < -0.4 is 4.90 Å². The molecule has 0 bridgehead atoms. The summed E-state index contributed by atoms with van der Waals surface area (Å²) in [6.45, 7) is 9.37. The van der Waals surface area contributed by atoms with Gasteiger partial charge in [-0.15, -0.1) is 0 Å². The van der Waals surface area contributed by atoms with Crippen molar-refractivity contribution >= 4 is 23.3 Å². The number of carbonyl (C=O) groups excluding carboxylic acids is 2. The molecule has 0 radical (unpaired) electrons. The van der Waals surface area contributed by atoms with E-state index in [4.69, 9.17) is 0 Å². The molecular weight excluding hydrogens is 402 g/mol. The lowest BCUT2D eigenvalue weighted by atomic mass is 9.99. The molecule has 0 spiro atoms. The molecule has 0 N–H and O–H groups in total. The maximum atomic E-state index is 13.5. The average molecular weight is 434 g/mol. The van der Waals surface area contributed by atoms with Crippen molar-refractivity contribution in [3.63, 3.8) is 0 Å². The van der Waals surface area contributed by atoms with Gasteiger partial charge in [0.1, 0.15) is 5.70 Å². The molecule has 0 unspecified atom stereocenters. The normalized spacial score (nSPS) is 17.0. The molecule has 2 amide bonds. The molecule has 32 heavy (non-hydrogen) atoms. The smallest absolute Gasteiger partial charge is 0.277 e. The summed E-state index contributed by atoms with van der Waals surface area (Å²) in [6, 6.07) is 7.82. The third-order valence-corrected chi connectivity index (χ3v) is 6.36. The molecule has 7 nitrogen and oxygen atoms in total. The molecule has 1 aromatic carbocycles. The van der Waals surface area contributed by atoms with E-state index in [0.717, 1.165) is 30.4 Å². The molecule has 1 saturated heterocycles. The van der Waals surface area contributed by atoms with Crippen molar-refractivity contribution in [3.8, 4) is 0 Å². The van der Waals surface area contributed by atoms with Gasteiger partial charge in [-0.2, -0.15) is 0 Å². The molecule has 4 rings (SSSR count). The standard InChI is InChI=1S/C25H31N5O2/c1-4-5-6-12-30-23(31)21(20-9-8-18(2)19(3)17-20)22(24(30)32)28-13-15-29(16-14-28)25-26-10-7-11-27-25/h7-11,17H,4-6,12-16H2,1-3H3. The van der Waals surface area contributed by atoms with Crippen molar-refractivity contribution in [3.05, 3.63) is 59.0 Å². The first-order chi connectivity index (χ1) is 15.5. The first kappa shape index (κ1) is 22.0. The quantitative estimate of drug-likeness (QED) is 0.493. The van der Waals surface area contributed by atoms with Crippen molar-refractivity contribution in [2.45, 2.75) is 40.0 Å². The summed E-state index contributed by atoms with van der Waals surface area (Å²) in [5.74, 6) is 0.368. The number of imide groups is 1. The molecule has 1 fully saturated rings. The Kier molecular flexibility index (Phi) is 6.53. The maximum absolute atomic E-state index is 13.5. The Bertz CT molecular complexity index is 1030. The van der Waals surface area contributed by atoms with Crippen LogP contribution in [0.2, 0.25) is 0 Å². The summed E-state index contributed by atoms with van der Waals surface area (Å²) in [6.07, 6.45) is 6.36. The van der Waals surface area contributed by atoms with E-state index in [1.807, 2.05) is 25.1 Å². The molecule has 0 saturated carbocycles. The third-order valence-electron chi connectivity index (χ3n) is 6.36. The van der Waals surface area contributed by atoms with Gasteiger partial charge < -0.3 is 9.80 Å². The lowest BCUT2D eigenvalue weighted by Crippen LogP contribution is -2.48. The Hall–Kier alpha value is -3.22. The van der Waals surface area contributed by atoms with E-state index in [1.165, 1.54) is 10.5 Å². The van der Waals surface area contributed by atoms with Crippen molar-refractivity contribution in [1.82, 2.24) is 19.8 Å². The number of amides is 2. The van der Waals surface area contributed by atoms with Crippen LogP contribution in [0.5, 0.6) is 0 Å². The van der Waals surface area contributed by atoms with Crippen LogP contribution in [0.4, 0.5) is 5.95 Å². The van der Waals surface area contributed by atoms with Gasteiger partial charge in [-0.1, -0.05) is 38.0 Å². The van der Waals surface area contributed by atoms with E-state index >= 15 is 0 Å². The number of hydrogen-bond donors (Lipinski definition) is 0. The van der Waals surface area contributed by atoms with Crippen LogP contribution in [0.3, 0.4) is 0 Å². The monoisotopic (exact) mass is 433 g/mol. The van der Waals surface area contributed by atoms with E-state index in [0.29, 0.717) is 49.9 Å². The summed E-state index contributed by atoms with van der Waals surface area (Å²) in [4.78, 5) is 41.2. The summed E-state index contributed by atoms with van der Waals surface area (Å²) in [7, 11) is 0. The van der Waals surface area contributed by atoms with Gasteiger partial charge in [0.25, 0.3) is 11.8 Å². The lowest BCUT2D eigenvalue weighted by molar-refractivity contribution is -0.137. The molecule has 0 atom stereocenters. The second-order valence-corrected chi connectivity index (χ2v) is 8.51. The number of anilines is 1. The number of piperazine rings is 1. The maximum Gasteiger partial charge on any atom is 0.277 e. The predicted molar refractivity (Wildman–Crippen MR) is 125 cm³/mol. The predicted octanol–water partition coefficient (Wildman–Crippen LogP) is 3.19. The molecule has 2 aromatic rings. The van der Waals surface area contributed by atoms with Crippen LogP contribution >= 0.6 is 0 Å². The van der Waals surface area contributed by atoms with Gasteiger partial charge in [0.2, 0.25) is 5.95 Å². The first-order valence-corrected chi connectivity index (χ1v) is 11.5. The van der Waals surface area contributed by atoms with Crippen LogP contribution in [-0.2, 0) is 9.59 Å². The molecule has 2 aliphatic heterocycles. The van der Waals surface area contributed by atoms with Crippen LogP contribution in [0.25, 0.3) is 5.57 Å². The minimum Gasteiger partial charge on any atom is -0.363 e. The van der Waals surface area contributed by atoms with E-state index in [9.17, 15) is 9.59 Å². The van der Waals surface area contributed by atoms with Crippen molar-refractivity contribution in [2.75, 3.05) is 37.6 Å². The molecule has 1 aromatic heterocycles. The van der Waals surface area contributed by atoms with E-state index < -0.39 is 0 Å². The Labute approximate surface area is 189 Å². The number of hydrogen-bond acceptors (Lipinski definition) is 6. The summed E-state index contributed by atoms with van der Waals surface area (Å²) < 4.78 is 0. The van der Waals surface area contributed by atoms with Gasteiger partial charge in [0.05, 0.1) is 5.57 Å². The highest BCUT2D eigenvalue weighted by molar-refractivity contribution is 6.35. The minimum absolute atomic E-state index is 0.163. The van der Waals surface area contributed by atoms with Gasteiger partial charge in [-0.05, 0) is 43.0 Å². The zero-order chi connectivity index (χ0) is 22.7. The molecular formula is C25H31N5O2. The SMILES string of the molecule is CCCCCN1C(=O)C(c2ccc(C)c(C)c2)=C(N2CCN(c3ncccn3)CC2)C1=O. The van der Waals surface area contributed by atoms with Crippen molar-refractivity contribution in [1.29, 1.82) is 0 Å². The zero-order valence-corrected chi connectivity index (χ0v) is 19.2. The minimum atomic E-state index is -0.168. The number of nitrogens with zero attached hydrogens (tertiary/aromatic N) is 5. The van der Waals surface area contributed by atoms with E-state index in [1.54, 1.807) is 18.5 Å². The first-order valence-electron chi connectivity index (χ1n) is 11.5. The molecule has 168 valence electrons. The highest BCUT2D eigenvalue weighted by Crippen LogP contribution is 2.33. The Morgan fingerprint density at radius 1 is 0.875 bits per heavy atom. The molecule has 0 aliphatic carbocycles. The number of carbonyl (C=O) groups is 2. The zero-order valence-electron chi connectivity index (χ0n) is 19.2. The molecule has 7 heteroatoms. The van der Waals surface area contributed by atoms with Crippen LogP contribution in [-0.4, -0.2) is 64.3 Å². The van der Waals surface area contributed by atoms with Gasteiger partial charge >= 0.3 is 0 Å². The number of rotatable bonds is 7. The van der Waals surface area contributed by atoms with Crippen molar-refractivity contribution < 1.29 is 9.59 Å². The second-order valence-electron chi connectivity index (χ2n) is 8.51. The van der Waals surface area contributed by atoms with Crippen LogP contribution in [0.15, 0.2) is 42.4 Å². The van der Waals surface area contributed by atoms with Gasteiger partial charge in [0, 0.05) is 45.1 Å². The highest BCUT2D eigenvalue weighted by atomic mass is 16.2. The third kappa shape index (κ3) is 4.24. The highest BCUT2D eigenvalue weighted by Gasteiger charge is 2.42. The van der Waals surface area contributed by atoms with Crippen molar-refractivity contribution in [2.24, 2.45) is 0 Å². The second kappa shape index (κ2) is 9.51. The topological polar surface area (TPSA) is 69.6 Å².